The number of phenols is 1. The van der Waals surface area contributed by atoms with Gasteiger partial charge in [-0.3, -0.25) is 0 Å². The number of hydrogen-bond acceptors (Lipinski definition) is 4. The van der Waals surface area contributed by atoms with Gasteiger partial charge in [-0.2, -0.15) is 0 Å². The molecule has 2 amide bonds. The molecule has 0 spiro atoms. The summed E-state index contributed by atoms with van der Waals surface area (Å²) in [5.41, 5.74) is 0.100. The van der Waals surface area contributed by atoms with Gasteiger partial charge >= 0.3 is 12.0 Å². The van der Waals surface area contributed by atoms with Gasteiger partial charge in [-0.1, -0.05) is 0 Å². The number of ether oxygens (including phenoxy) is 1. The highest BCUT2D eigenvalue weighted by molar-refractivity contribution is 5.93. The number of urea groups is 1. The van der Waals surface area contributed by atoms with Crippen molar-refractivity contribution >= 4 is 17.7 Å². The van der Waals surface area contributed by atoms with E-state index in [1.54, 1.807) is 0 Å². The molecule has 0 heterocycles. The summed E-state index contributed by atoms with van der Waals surface area (Å²) >= 11 is 0. The van der Waals surface area contributed by atoms with Crippen molar-refractivity contribution in [2.75, 3.05) is 25.1 Å². The minimum Gasteiger partial charge on any atom is -0.506 e. The molecular weight excluding hydrogens is 276 g/mol. The number of benzene rings is 1. The van der Waals surface area contributed by atoms with E-state index in [0.717, 1.165) is 12.7 Å². The smallest absolute Gasteiger partial charge is 0.335 e. The summed E-state index contributed by atoms with van der Waals surface area (Å²) in [6.45, 7) is 1.54. The number of rotatable bonds is 7. The van der Waals surface area contributed by atoms with Crippen LogP contribution in [0, 0.1) is 5.92 Å². The van der Waals surface area contributed by atoms with E-state index >= 15 is 0 Å². The molecule has 0 aromatic heterocycles. The van der Waals surface area contributed by atoms with E-state index in [1.165, 1.54) is 25.0 Å². The number of carboxylic acids is 1. The summed E-state index contributed by atoms with van der Waals surface area (Å²) in [6.07, 6.45) is 2.44. The van der Waals surface area contributed by atoms with Crippen LogP contribution in [0.5, 0.6) is 5.75 Å². The number of hydrogen-bond donors (Lipinski definition) is 4. The number of anilines is 1. The lowest BCUT2D eigenvalue weighted by Gasteiger charge is -2.09. The molecule has 2 rings (SSSR count). The quantitative estimate of drug-likeness (QED) is 0.451. The third-order valence-corrected chi connectivity index (χ3v) is 3.08. The standard InChI is InChI=1S/C14H18N2O5/c17-12-7-10(13(18)19)3-4-11(12)16-14(20)15-5-6-21-8-9-1-2-9/h3-4,7,9,17H,1-2,5-6,8H2,(H,18,19)(H2,15,16,20). The van der Waals surface area contributed by atoms with Crippen molar-refractivity contribution in [2.24, 2.45) is 5.92 Å². The van der Waals surface area contributed by atoms with Crippen molar-refractivity contribution in [3.05, 3.63) is 23.8 Å². The van der Waals surface area contributed by atoms with Crippen LogP contribution in [0.1, 0.15) is 23.2 Å². The Hall–Kier alpha value is -2.28. The fraction of sp³-hybridized carbons (Fsp3) is 0.429. The monoisotopic (exact) mass is 294 g/mol. The molecule has 1 aliphatic rings. The molecule has 1 aliphatic carbocycles. The molecule has 0 atom stereocenters. The number of amides is 2. The average molecular weight is 294 g/mol. The number of aromatic hydroxyl groups is 1. The third kappa shape index (κ3) is 4.96. The van der Waals surface area contributed by atoms with E-state index in [9.17, 15) is 14.7 Å². The number of carboxylic acid groups (broad SMARTS) is 1. The highest BCUT2D eigenvalue weighted by Crippen LogP contribution is 2.28. The molecule has 0 aliphatic heterocycles. The minimum absolute atomic E-state index is 0.0491. The van der Waals surface area contributed by atoms with E-state index in [0.29, 0.717) is 19.1 Å². The Morgan fingerprint density at radius 3 is 2.71 bits per heavy atom. The van der Waals surface area contributed by atoms with Gasteiger partial charge in [0.15, 0.2) is 0 Å². The van der Waals surface area contributed by atoms with Gasteiger partial charge in [0.25, 0.3) is 0 Å². The predicted octanol–water partition coefficient (Wildman–Crippen LogP) is 1.64. The molecular formula is C14H18N2O5. The zero-order valence-corrected chi connectivity index (χ0v) is 11.5. The van der Waals surface area contributed by atoms with Crippen LogP contribution in [0.25, 0.3) is 0 Å². The minimum atomic E-state index is -1.14. The fourth-order valence-corrected chi connectivity index (χ4v) is 1.71. The van der Waals surface area contributed by atoms with E-state index in [4.69, 9.17) is 9.84 Å². The van der Waals surface area contributed by atoms with Crippen molar-refractivity contribution in [3.63, 3.8) is 0 Å². The Morgan fingerprint density at radius 1 is 1.33 bits per heavy atom. The SMILES string of the molecule is O=C(NCCOCC1CC1)Nc1ccc(C(=O)O)cc1O. The molecule has 7 nitrogen and oxygen atoms in total. The molecule has 1 aromatic carbocycles. The van der Waals surface area contributed by atoms with E-state index in [1.807, 2.05) is 0 Å². The Bertz CT molecular complexity index is 528. The first-order valence-electron chi connectivity index (χ1n) is 6.75. The summed E-state index contributed by atoms with van der Waals surface area (Å²) in [6, 6.07) is 3.23. The van der Waals surface area contributed by atoms with Crippen molar-refractivity contribution in [2.45, 2.75) is 12.8 Å². The molecule has 4 N–H and O–H groups in total. The van der Waals surface area contributed by atoms with E-state index in [2.05, 4.69) is 10.6 Å². The molecule has 1 aromatic rings. The maximum absolute atomic E-state index is 11.6. The lowest BCUT2D eigenvalue weighted by molar-refractivity contribution is 0.0696. The predicted molar refractivity (Wildman–Crippen MR) is 75.6 cm³/mol. The van der Waals surface area contributed by atoms with Crippen molar-refractivity contribution in [3.8, 4) is 5.75 Å². The number of carbonyl (C=O) groups is 2. The molecule has 0 saturated heterocycles. The van der Waals surface area contributed by atoms with Crippen molar-refractivity contribution in [1.82, 2.24) is 5.32 Å². The molecule has 1 fully saturated rings. The Morgan fingerprint density at radius 2 is 2.10 bits per heavy atom. The second-order valence-electron chi connectivity index (χ2n) is 4.94. The zero-order valence-electron chi connectivity index (χ0n) is 11.5. The van der Waals surface area contributed by atoms with Crippen molar-refractivity contribution < 1.29 is 24.5 Å². The number of aromatic carboxylic acids is 1. The van der Waals surface area contributed by atoms with E-state index in [-0.39, 0.29) is 17.0 Å². The highest BCUT2D eigenvalue weighted by Gasteiger charge is 2.20. The largest absolute Gasteiger partial charge is 0.506 e. The van der Waals surface area contributed by atoms with Crippen LogP contribution in [0.2, 0.25) is 0 Å². The van der Waals surface area contributed by atoms with Gasteiger partial charge < -0.3 is 25.6 Å². The molecule has 7 heteroatoms. The Kier molecular flexibility index (Phi) is 4.99. The first kappa shape index (κ1) is 15.1. The summed E-state index contributed by atoms with van der Waals surface area (Å²) in [4.78, 5) is 22.3. The maximum atomic E-state index is 11.6. The van der Waals surface area contributed by atoms with Gasteiger partial charge in [0, 0.05) is 13.2 Å². The second-order valence-corrected chi connectivity index (χ2v) is 4.94. The molecule has 114 valence electrons. The third-order valence-electron chi connectivity index (χ3n) is 3.08. The zero-order chi connectivity index (χ0) is 15.2. The average Bonchev–Trinajstić information content (AvgIpc) is 3.24. The highest BCUT2D eigenvalue weighted by atomic mass is 16.5. The number of phenolic OH excluding ortho intramolecular Hbond substituents is 1. The Labute approximate surface area is 121 Å². The topological polar surface area (TPSA) is 108 Å². The van der Waals surface area contributed by atoms with Gasteiger partial charge in [-0.15, -0.1) is 0 Å². The van der Waals surface area contributed by atoms with Crippen molar-refractivity contribution in [1.29, 1.82) is 0 Å². The van der Waals surface area contributed by atoms with Crippen LogP contribution < -0.4 is 10.6 Å². The molecule has 0 unspecified atom stereocenters. The second kappa shape index (κ2) is 6.94. The number of nitrogens with one attached hydrogen (secondary N) is 2. The molecule has 0 bridgehead atoms. The molecule has 21 heavy (non-hydrogen) atoms. The summed E-state index contributed by atoms with van der Waals surface area (Å²) < 4.78 is 5.37. The molecule has 0 radical (unpaired) electrons. The number of carbonyl (C=O) groups excluding carboxylic acids is 1. The van der Waals surface area contributed by atoms with Gasteiger partial charge in [-0.05, 0) is 37.0 Å². The summed E-state index contributed by atoms with van der Waals surface area (Å²) in [7, 11) is 0. The van der Waals surface area contributed by atoms with Gasteiger partial charge in [0.05, 0.1) is 17.9 Å². The van der Waals surface area contributed by atoms with E-state index < -0.39 is 12.0 Å². The summed E-state index contributed by atoms with van der Waals surface area (Å²) in [5.74, 6) is -0.757. The normalized spacial score (nSPS) is 13.7. The first-order chi connectivity index (χ1) is 10.1. The lowest BCUT2D eigenvalue weighted by atomic mass is 10.2. The summed E-state index contributed by atoms with van der Waals surface area (Å²) in [5, 5.41) is 23.4. The van der Waals surface area contributed by atoms with Crippen LogP contribution >= 0.6 is 0 Å². The van der Waals surface area contributed by atoms with Gasteiger partial charge in [-0.25, -0.2) is 9.59 Å². The van der Waals surface area contributed by atoms with Crippen LogP contribution in [0.4, 0.5) is 10.5 Å². The van der Waals surface area contributed by atoms with Crippen LogP contribution in [0.3, 0.4) is 0 Å². The van der Waals surface area contributed by atoms with Crippen LogP contribution in [0.15, 0.2) is 18.2 Å². The molecule has 1 saturated carbocycles. The van der Waals surface area contributed by atoms with Crippen LogP contribution in [-0.2, 0) is 4.74 Å². The fourth-order valence-electron chi connectivity index (χ4n) is 1.71. The Balaban J connectivity index is 1.72. The first-order valence-corrected chi connectivity index (χ1v) is 6.75. The van der Waals surface area contributed by atoms with Crippen LogP contribution in [-0.4, -0.2) is 42.0 Å². The maximum Gasteiger partial charge on any atom is 0.335 e. The van der Waals surface area contributed by atoms with Gasteiger partial charge in [0.1, 0.15) is 5.75 Å². The van der Waals surface area contributed by atoms with Gasteiger partial charge in [0.2, 0.25) is 0 Å². The lowest BCUT2D eigenvalue weighted by Crippen LogP contribution is -2.31.